The number of ether oxygens (including phenoxy) is 1. The maximum Gasteiger partial charge on any atom is 0.341 e. The Morgan fingerprint density at radius 1 is 1.15 bits per heavy atom. The molecule has 0 aliphatic carbocycles. The molecule has 4 heterocycles. The monoisotopic (exact) mass is 585 g/mol. The predicted octanol–water partition coefficient (Wildman–Crippen LogP) is 3.98. The molecule has 2 aliphatic rings. The lowest BCUT2D eigenvalue weighted by Gasteiger charge is -2.23. The summed E-state index contributed by atoms with van der Waals surface area (Å²) >= 11 is 6.72. The smallest absolute Gasteiger partial charge is 0.341 e. The zero-order valence-corrected chi connectivity index (χ0v) is 21.8. The Hall–Kier alpha value is -4.78. The lowest BCUT2D eigenvalue weighted by atomic mass is 9.95. The minimum absolute atomic E-state index is 0.127. The fraction of sp³-hybridized carbons (Fsp3) is 0.185. The van der Waals surface area contributed by atoms with Crippen molar-refractivity contribution < 1.29 is 32.6 Å². The Labute approximate surface area is 234 Å². The van der Waals surface area contributed by atoms with Gasteiger partial charge in [0.15, 0.2) is 29.4 Å². The van der Waals surface area contributed by atoms with E-state index in [9.17, 15) is 23.5 Å². The number of anilines is 2. The molecule has 2 atom stereocenters. The highest BCUT2D eigenvalue weighted by atomic mass is 35.5. The first-order valence-electron chi connectivity index (χ1n) is 12.1. The van der Waals surface area contributed by atoms with Crippen LogP contribution < -0.4 is 20.8 Å². The molecule has 1 fully saturated rings. The SMILES string of the molecule is COc1ccc(C2=NOC3CN(c4c(F)cc5c(=O)c(C(=O)O)cn(-c6nc(N)c(F)cc6F)c5c4Cl)CC23)cc1. The summed E-state index contributed by atoms with van der Waals surface area (Å²) < 4.78 is 50.5. The topological polar surface area (TPSA) is 132 Å². The molecule has 210 valence electrons. The van der Waals surface area contributed by atoms with Crippen molar-refractivity contribution in [2.24, 2.45) is 11.1 Å². The van der Waals surface area contributed by atoms with Crippen molar-refractivity contribution in [2.75, 3.05) is 30.8 Å². The molecule has 2 aromatic heterocycles. The third-order valence-electron chi connectivity index (χ3n) is 7.16. The maximum atomic E-state index is 15.7. The Morgan fingerprint density at radius 2 is 1.88 bits per heavy atom. The Balaban J connectivity index is 1.49. The third-order valence-corrected chi connectivity index (χ3v) is 7.52. The summed E-state index contributed by atoms with van der Waals surface area (Å²) in [5, 5.41) is 13.0. The van der Waals surface area contributed by atoms with Gasteiger partial charge in [0.1, 0.15) is 17.1 Å². The standard InChI is InChI=1S/C27H19ClF3N5O5/c1-40-12-4-2-11(3-5-12)21-14-8-35(10-19(14)41-34-21)23-16(29)6-13-22(20(23)28)36(9-15(24(13)37)27(38)39)26-18(31)7-17(30)25(32)33-26/h2-7,9,14,19H,8,10H2,1H3,(H2,32,33)(H,38,39). The second kappa shape index (κ2) is 9.70. The summed E-state index contributed by atoms with van der Waals surface area (Å²) in [5.74, 6) is -5.85. The zero-order chi connectivity index (χ0) is 29.2. The van der Waals surface area contributed by atoms with E-state index in [1.165, 1.54) is 0 Å². The number of nitrogens with zero attached hydrogens (tertiary/aromatic N) is 4. The first-order valence-corrected chi connectivity index (χ1v) is 12.5. The molecule has 3 N–H and O–H groups in total. The molecule has 2 unspecified atom stereocenters. The molecule has 14 heteroatoms. The van der Waals surface area contributed by atoms with E-state index < -0.39 is 57.5 Å². The number of aromatic nitrogens is 2. The molecular formula is C27H19ClF3N5O5. The molecule has 6 rings (SSSR count). The van der Waals surface area contributed by atoms with Crippen molar-refractivity contribution in [1.29, 1.82) is 0 Å². The predicted molar refractivity (Wildman–Crippen MR) is 144 cm³/mol. The van der Waals surface area contributed by atoms with Gasteiger partial charge in [0, 0.05) is 24.4 Å². The number of rotatable bonds is 5. The van der Waals surface area contributed by atoms with Crippen LogP contribution in [0.3, 0.4) is 0 Å². The molecule has 0 amide bonds. The van der Waals surface area contributed by atoms with Gasteiger partial charge in [-0.25, -0.2) is 22.9 Å². The summed E-state index contributed by atoms with van der Waals surface area (Å²) in [6.07, 6.45) is 0.352. The highest BCUT2D eigenvalue weighted by Gasteiger charge is 2.44. The van der Waals surface area contributed by atoms with Crippen LogP contribution in [0.5, 0.6) is 5.75 Å². The number of nitrogen functional groups attached to an aromatic ring is 1. The number of benzene rings is 2. The lowest BCUT2D eigenvalue weighted by Crippen LogP contribution is -2.26. The number of carbonyl (C=O) groups is 1. The van der Waals surface area contributed by atoms with E-state index in [0.717, 1.165) is 22.4 Å². The van der Waals surface area contributed by atoms with Crippen molar-refractivity contribution in [3.8, 4) is 11.6 Å². The number of pyridine rings is 2. The molecule has 1 saturated heterocycles. The van der Waals surface area contributed by atoms with Crippen molar-refractivity contribution in [3.05, 3.63) is 86.4 Å². The van der Waals surface area contributed by atoms with E-state index in [0.29, 0.717) is 17.5 Å². The fourth-order valence-electron chi connectivity index (χ4n) is 5.20. The molecule has 10 nitrogen and oxygen atoms in total. The molecule has 0 radical (unpaired) electrons. The minimum atomic E-state index is -1.66. The summed E-state index contributed by atoms with van der Waals surface area (Å²) in [6, 6.07) is 8.49. The molecule has 4 aromatic rings. The highest BCUT2D eigenvalue weighted by Crippen LogP contribution is 2.41. The second-order valence-electron chi connectivity index (χ2n) is 9.49. The van der Waals surface area contributed by atoms with Gasteiger partial charge in [0.2, 0.25) is 5.43 Å². The first-order chi connectivity index (χ1) is 19.6. The number of halogens is 4. The van der Waals surface area contributed by atoms with Crippen LogP contribution in [0.1, 0.15) is 15.9 Å². The number of nitrogens with two attached hydrogens (primary N) is 1. The summed E-state index contributed by atoms with van der Waals surface area (Å²) in [7, 11) is 1.55. The van der Waals surface area contributed by atoms with Crippen LogP contribution in [-0.2, 0) is 4.84 Å². The maximum absolute atomic E-state index is 15.7. The van der Waals surface area contributed by atoms with E-state index in [2.05, 4.69) is 10.1 Å². The number of hydrogen-bond acceptors (Lipinski definition) is 8. The third kappa shape index (κ3) is 4.20. The largest absolute Gasteiger partial charge is 0.497 e. The van der Waals surface area contributed by atoms with E-state index in [1.54, 1.807) is 24.1 Å². The lowest BCUT2D eigenvalue weighted by molar-refractivity contribution is 0.0695. The number of oxime groups is 1. The van der Waals surface area contributed by atoms with Crippen LogP contribution in [0.2, 0.25) is 5.02 Å². The van der Waals surface area contributed by atoms with Crippen LogP contribution in [-0.4, -0.2) is 52.6 Å². The van der Waals surface area contributed by atoms with Gasteiger partial charge >= 0.3 is 5.97 Å². The van der Waals surface area contributed by atoms with E-state index in [1.807, 2.05) is 12.1 Å². The van der Waals surface area contributed by atoms with Gasteiger partial charge in [-0.05, 0) is 30.3 Å². The minimum Gasteiger partial charge on any atom is -0.497 e. The van der Waals surface area contributed by atoms with Gasteiger partial charge in [-0.15, -0.1) is 0 Å². The van der Waals surface area contributed by atoms with Crippen molar-refractivity contribution in [2.45, 2.75) is 6.10 Å². The summed E-state index contributed by atoms with van der Waals surface area (Å²) in [5.41, 5.74) is 4.75. The van der Waals surface area contributed by atoms with Gasteiger partial charge in [0.25, 0.3) is 0 Å². The van der Waals surface area contributed by atoms with Crippen LogP contribution in [0.25, 0.3) is 16.7 Å². The highest BCUT2D eigenvalue weighted by molar-refractivity contribution is 6.38. The first kappa shape index (κ1) is 26.4. The van der Waals surface area contributed by atoms with Gasteiger partial charge in [0.05, 0.1) is 46.9 Å². The fourth-order valence-corrected chi connectivity index (χ4v) is 5.60. The van der Waals surface area contributed by atoms with E-state index in [-0.39, 0.29) is 35.2 Å². The average molecular weight is 586 g/mol. The van der Waals surface area contributed by atoms with Crippen LogP contribution in [0.15, 0.2) is 52.5 Å². The molecule has 41 heavy (non-hydrogen) atoms. The van der Waals surface area contributed by atoms with Crippen LogP contribution in [0.4, 0.5) is 24.7 Å². The zero-order valence-electron chi connectivity index (χ0n) is 21.1. The van der Waals surface area contributed by atoms with Crippen molar-refractivity contribution in [1.82, 2.24) is 9.55 Å². The second-order valence-corrected chi connectivity index (χ2v) is 9.86. The Morgan fingerprint density at radius 3 is 2.56 bits per heavy atom. The van der Waals surface area contributed by atoms with E-state index in [4.69, 9.17) is 26.9 Å². The molecule has 0 saturated carbocycles. The number of carboxylic acid groups (broad SMARTS) is 1. The number of carboxylic acids is 1. The Kier molecular flexibility index (Phi) is 6.25. The van der Waals surface area contributed by atoms with E-state index >= 15 is 4.39 Å². The average Bonchev–Trinajstić information content (AvgIpc) is 3.52. The van der Waals surface area contributed by atoms with Crippen LogP contribution >= 0.6 is 11.6 Å². The van der Waals surface area contributed by atoms with Gasteiger partial charge < -0.3 is 25.3 Å². The molecule has 2 aliphatic heterocycles. The van der Waals surface area contributed by atoms with Gasteiger partial charge in [-0.3, -0.25) is 9.36 Å². The normalized spacial score (nSPS) is 17.9. The number of aromatic carboxylic acids is 1. The van der Waals surface area contributed by atoms with Gasteiger partial charge in [-0.2, -0.15) is 0 Å². The molecular weight excluding hydrogens is 567 g/mol. The molecule has 0 spiro atoms. The van der Waals surface area contributed by atoms with Crippen LogP contribution in [0, 0.1) is 23.4 Å². The summed E-state index contributed by atoms with van der Waals surface area (Å²) in [4.78, 5) is 35.8. The van der Waals surface area contributed by atoms with Gasteiger partial charge in [-0.1, -0.05) is 16.8 Å². The van der Waals surface area contributed by atoms with Crippen molar-refractivity contribution >= 4 is 45.7 Å². The van der Waals surface area contributed by atoms with Crippen molar-refractivity contribution in [3.63, 3.8) is 0 Å². The molecule has 2 aromatic carbocycles. The quantitative estimate of drug-likeness (QED) is 0.359. The summed E-state index contributed by atoms with van der Waals surface area (Å²) in [6.45, 7) is 0.398. The number of methoxy groups -OCH3 is 1. The number of fused-ring (bicyclic) bond motifs is 2. The molecule has 0 bridgehead atoms. The number of hydrogen-bond donors (Lipinski definition) is 2. The Bertz CT molecular complexity index is 1850.